The van der Waals surface area contributed by atoms with Gasteiger partial charge >= 0.3 is 6.61 Å². The van der Waals surface area contributed by atoms with E-state index in [9.17, 15) is 13.6 Å². The molecule has 0 aliphatic carbocycles. The Morgan fingerprint density at radius 2 is 2.22 bits per heavy atom. The zero-order valence-electron chi connectivity index (χ0n) is 12.2. The fourth-order valence-corrected chi connectivity index (χ4v) is 1.81. The number of carbonyl (C=O) groups is 1. The molecule has 2 heterocycles. The molecule has 1 amide bonds. The molecule has 0 aliphatic rings. The van der Waals surface area contributed by atoms with Gasteiger partial charge < -0.3 is 14.6 Å². The molecule has 0 bridgehead atoms. The average Bonchev–Trinajstić information content (AvgIpc) is 2.93. The van der Waals surface area contributed by atoms with Crippen molar-refractivity contribution in [3.63, 3.8) is 0 Å². The van der Waals surface area contributed by atoms with Gasteiger partial charge in [0, 0.05) is 12.0 Å². The number of hydrogen-bond acceptors (Lipinski definition) is 6. The van der Waals surface area contributed by atoms with Crippen LogP contribution in [0.2, 0.25) is 5.02 Å². The molecule has 1 N–H and O–H groups in total. The van der Waals surface area contributed by atoms with E-state index >= 15 is 0 Å². The predicted molar refractivity (Wildman–Crippen MR) is 75.4 cm³/mol. The van der Waals surface area contributed by atoms with Crippen LogP contribution in [0.25, 0.3) is 0 Å². The monoisotopic (exact) mass is 346 g/mol. The molecule has 7 nitrogen and oxygen atoms in total. The molecule has 0 fully saturated rings. The highest BCUT2D eigenvalue weighted by atomic mass is 35.5. The molecule has 0 radical (unpaired) electrons. The Morgan fingerprint density at radius 1 is 1.48 bits per heavy atom. The summed E-state index contributed by atoms with van der Waals surface area (Å²) in [5, 5.41) is 6.11. The first-order chi connectivity index (χ1) is 10.9. The van der Waals surface area contributed by atoms with E-state index < -0.39 is 12.5 Å². The quantitative estimate of drug-likeness (QED) is 0.865. The second-order valence-corrected chi connectivity index (χ2v) is 5.17. The van der Waals surface area contributed by atoms with Gasteiger partial charge in [-0.05, 0) is 0 Å². The molecular weight excluding hydrogens is 334 g/mol. The first-order valence-corrected chi connectivity index (χ1v) is 6.95. The Bertz CT molecular complexity index is 694. The van der Waals surface area contributed by atoms with E-state index in [0.29, 0.717) is 11.7 Å². The minimum absolute atomic E-state index is 0.0162. The zero-order chi connectivity index (χ0) is 17.0. The van der Waals surface area contributed by atoms with Crippen molar-refractivity contribution in [3.8, 4) is 5.75 Å². The van der Waals surface area contributed by atoms with E-state index in [1.165, 1.54) is 0 Å². The third kappa shape index (κ3) is 4.59. The minimum atomic E-state index is -3.00. The number of aromatic nitrogens is 3. The van der Waals surface area contributed by atoms with Crippen LogP contribution in [0.4, 0.5) is 8.78 Å². The van der Waals surface area contributed by atoms with E-state index in [1.54, 1.807) is 0 Å². The van der Waals surface area contributed by atoms with Crippen molar-refractivity contribution >= 4 is 17.5 Å². The lowest BCUT2D eigenvalue weighted by atomic mass is 10.2. The molecular formula is C13H13ClF2N4O3. The van der Waals surface area contributed by atoms with Crippen LogP contribution >= 0.6 is 11.6 Å². The van der Waals surface area contributed by atoms with Gasteiger partial charge in [0.15, 0.2) is 5.82 Å². The number of alkyl halides is 2. The van der Waals surface area contributed by atoms with Gasteiger partial charge in [-0.15, -0.1) is 0 Å². The number of rotatable bonds is 6. The molecule has 0 aromatic carbocycles. The van der Waals surface area contributed by atoms with Gasteiger partial charge in [0.1, 0.15) is 11.4 Å². The van der Waals surface area contributed by atoms with E-state index in [4.69, 9.17) is 16.1 Å². The van der Waals surface area contributed by atoms with Gasteiger partial charge in [0.2, 0.25) is 5.89 Å². The Morgan fingerprint density at radius 3 is 2.78 bits per heavy atom. The van der Waals surface area contributed by atoms with Crippen molar-refractivity contribution in [3.05, 3.63) is 34.7 Å². The number of amides is 1. The third-order valence-corrected chi connectivity index (χ3v) is 2.93. The summed E-state index contributed by atoms with van der Waals surface area (Å²) in [6.45, 7) is 0.800. The maximum atomic E-state index is 12.1. The van der Waals surface area contributed by atoms with E-state index in [0.717, 1.165) is 12.3 Å². The molecule has 0 atom stereocenters. The van der Waals surface area contributed by atoms with Gasteiger partial charge in [-0.3, -0.25) is 4.79 Å². The minimum Gasteiger partial charge on any atom is -0.433 e. The van der Waals surface area contributed by atoms with Crippen LogP contribution in [-0.2, 0) is 6.54 Å². The number of ether oxygens (including phenoxy) is 1. The van der Waals surface area contributed by atoms with Crippen molar-refractivity contribution < 1.29 is 22.8 Å². The first-order valence-electron chi connectivity index (χ1n) is 6.58. The number of pyridine rings is 1. The molecule has 0 spiro atoms. The number of hydrogen-bond donors (Lipinski definition) is 1. The van der Waals surface area contributed by atoms with Crippen molar-refractivity contribution in [2.75, 3.05) is 0 Å². The second kappa shape index (κ2) is 7.32. The lowest BCUT2D eigenvalue weighted by molar-refractivity contribution is -0.0500. The van der Waals surface area contributed by atoms with Gasteiger partial charge in [0.25, 0.3) is 5.91 Å². The van der Waals surface area contributed by atoms with E-state index in [1.807, 2.05) is 13.8 Å². The molecule has 0 saturated heterocycles. The number of halogens is 3. The van der Waals surface area contributed by atoms with Gasteiger partial charge in [-0.1, -0.05) is 30.6 Å². The SMILES string of the molecule is CC(C)c1nc(CNC(=O)c2ncc(OC(F)F)cc2Cl)no1. The maximum Gasteiger partial charge on any atom is 0.387 e. The summed E-state index contributed by atoms with van der Waals surface area (Å²) in [5.74, 6) is -0.00374. The molecule has 10 heteroatoms. The third-order valence-electron chi connectivity index (χ3n) is 2.64. The fourth-order valence-electron chi connectivity index (χ4n) is 1.57. The van der Waals surface area contributed by atoms with Crippen LogP contribution in [0, 0.1) is 0 Å². The van der Waals surface area contributed by atoms with Gasteiger partial charge in [-0.2, -0.15) is 13.8 Å². The van der Waals surface area contributed by atoms with Crippen LogP contribution in [0.3, 0.4) is 0 Å². The highest BCUT2D eigenvalue weighted by molar-refractivity contribution is 6.33. The highest BCUT2D eigenvalue weighted by Crippen LogP contribution is 2.21. The Hall–Kier alpha value is -2.29. The molecule has 2 rings (SSSR count). The Kier molecular flexibility index (Phi) is 5.43. The second-order valence-electron chi connectivity index (χ2n) is 4.77. The largest absolute Gasteiger partial charge is 0.433 e. The first kappa shape index (κ1) is 17.1. The molecule has 2 aromatic rings. The summed E-state index contributed by atoms with van der Waals surface area (Å²) >= 11 is 5.84. The molecule has 0 aliphatic heterocycles. The van der Waals surface area contributed by atoms with Crippen LogP contribution in [0.5, 0.6) is 5.75 Å². The summed E-state index contributed by atoms with van der Waals surface area (Å²) in [6, 6.07) is 1.08. The lowest BCUT2D eigenvalue weighted by Crippen LogP contribution is -2.24. The topological polar surface area (TPSA) is 90.1 Å². The lowest BCUT2D eigenvalue weighted by Gasteiger charge is -2.07. The van der Waals surface area contributed by atoms with Crippen LogP contribution in [0.1, 0.15) is 42.0 Å². The van der Waals surface area contributed by atoms with Gasteiger partial charge in [0.05, 0.1) is 17.8 Å². The summed E-state index contributed by atoms with van der Waals surface area (Å²) in [7, 11) is 0. The zero-order valence-corrected chi connectivity index (χ0v) is 13.0. The fraction of sp³-hybridized carbons (Fsp3) is 0.385. The van der Waals surface area contributed by atoms with E-state index in [2.05, 4.69) is 25.2 Å². The molecule has 0 unspecified atom stereocenters. The standard InChI is InChI=1S/C13H13ClF2N4O3/c1-6(2)12-19-9(20-23-12)5-18-11(21)10-8(14)3-7(4-17-10)22-13(15)16/h3-4,6,13H,5H2,1-2H3,(H,18,21). The van der Waals surface area contributed by atoms with Crippen molar-refractivity contribution in [1.82, 2.24) is 20.4 Å². The van der Waals surface area contributed by atoms with Crippen LogP contribution < -0.4 is 10.1 Å². The van der Waals surface area contributed by atoms with Crippen LogP contribution in [-0.4, -0.2) is 27.6 Å². The summed E-state index contributed by atoms with van der Waals surface area (Å²) in [6.07, 6.45) is 0.984. The van der Waals surface area contributed by atoms with Crippen LogP contribution in [0.15, 0.2) is 16.8 Å². The predicted octanol–water partition coefficient (Wildman–Crippen LogP) is 2.77. The van der Waals surface area contributed by atoms with Crippen molar-refractivity contribution in [1.29, 1.82) is 0 Å². The van der Waals surface area contributed by atoms with E-state index in [-0.39, 0.29) is 28.9 Å². The van der Waals surface area contributed by atoms with Crippen molar-refractivity contribution in [2.24, 2.45) is 0 Å². The molecule has 2 aromatic heterocycles. The highest BCUT2D eigenvalue weighted by Gasteiger charge is 2.16. The molecule has 23 heavy (non-hydrogen) atoms. The number of nitrogens with one attached hydrogen (secondary N) is 1. The maximum absolute atomic E-state index is 12.1. The molecule has 0 saturated carbocycles. The summed E-state index contributed by atoms with van der Waals surface area (Å²) < 4.78 is 33.3. The smallest absolute Gasteiger partial charge is 0.387 e. The summed E-state index contributed by atoms with van der Waals surface area (Å²) in [4.78, 5) is 19.8. The molecule has 124 valence electrons. The Labute approximate surface area is 135 Å². The van der Waals surface area contributed by atoms with Crippen molar-refractivity contribution in [2.45, 2.75) is 32.9 Å². The number of nitrogens with zero attached hydrogens (tertiary/aromatic N) is 3. The number of carbonyl (C=O) groups excluding carboxylic acids is 1. The summed E-state index contributed by atoms with van der Waals surface area (Å²) in [5.41, 5.74) is -0.124. The Balaban J connectivity index is 1.99. The normalized spacial score (nSPS) is 11.1. The van der Waals surface area contributed by atoms with Gasteiger partial charge in [-0.25, -0.2) is 4.98 Å². The average molecular weight is 347 g/mol.